The van der Waals surface area contributed by atoms with Gasteiger partial charge in [-0.2, -0.15) is 0 Å². The van der Waals surface area contributed by atoms with Crippen molar-refractivity contribution in [3.05, 3.63) is 15.6 Å². The van der Waals surface area contributed by atoms with Crippen LogP contribution in [0.1, 0.15) is 55.1 Å². The third kappa shape index (κ3) is 6.06. The summed E-state index contributed by atoms with van der Waals surface area (Å²) in [6.07, 6.45) is 5.26. The predicted molar refractivity (Wildman–Crippen MR) is 104 cm³/mol. The highest BCUT2D eigenvalue weighted by atomic mass is 32.1. The monoisotopic (exact) mass is 351 g/mol. The summed E-state index contributed by atoms with van der Waals surface area (Å²) in [5.74, 6) is 0.912. The van der Waals surface area contributed by atoms with Crippen molar-refractivity contribution in [3.63, 3.8) is 0 Å². The van der Waals surface area contributed by atoms with Crippen LogP contribution in [0.5, 0.6) is 0 Å². The lowest BCUT2D eigenvalue weighted by atomic mass is 10.0. The van der Waals surface area contributed by atoms with Crippen molar-refractivity contribution in [1.82, 2.24) is 20.5 Å². The van der Waals surface area contributed by atoms with Gasteiger partial charge in [0.1, 0.15) is 0 Å². The number of rotatable bonds is 7. The van der Waals surface area contributed by atoms with Crippen LogP contribution in [0.15, 0.2) is 4.99 Å². The van der Waals surface area contributed by atoms with E-state index in [0.29, 0.717) is 6.54 Å². The second kappa shape index (κ2) is 9.99. The number of piperidine rings is 1. The molecule has 2 rings (SSSR count). The van der Waals surface area contributed by atoms with E-state index in [1.807, 2.05) is 0 Å². The van der Waals surface area contributed by atoms with Crippen molar-refractivity contribution in [3.8, 4) is 0 Å². The van der Waals surface area contributed by atoms with Crippen LogP contribution in [0, 0.1) is 13.8 Å². The third-order valence-corrected chi connectivity index (χ3v) is 5.64. The molecule has 0 radical (unpaired) electrons. The zero-order chi connectivity index (χ0) is 17.4. The Kier molecular flexibility index (Phi) is 7.99. The van der Waals surface area contributed by atoms with Gasteiger partial charge in [0.2, 0.25) is 0 Å². The number of hydrogen-bond acceptors (Lipinski definition) is 4. The molecule has 2 heterocycles. The predicted octanol–water partition coefficient (Wildman–Crippen LogP) is 3.08. The number of nitrogens with zero attached hydrogens (tertiary/aromatic N) is 3. The molecule has 0 aliphatic carbocycles. The molecule has 1 aliphatic heterocycles. The quantitative estimate of drug-likeness (QED) is 0.450. The number of aliphatic imine (C=N–C) groups is 1. The molecule has 1 aromatic rings. The molecule has 1 atom stereocenters. The minimum absolute atomic E-state index is 0.704. The van der Waals surface area contributed by atoms with Crippen LogP contribution in [-0.2, 0) is 6.54 Å². The normalized spacial score (nSPS) is 19.5. The smallest absolute Gasteiger partial charge is 0.191 e. The molecule has 1 aliphatic rings. The zero-order valence-corrected chi connectivity index (χ0v) is 16.5. The maximum atomic E-state index is 4.71. The lowest BCUT2D eigenvalue weighted by Gasteiger charge is -2.33. The van der Waals surface area contributed by atoms with Gasteiger partial charge in [-0.3, -0.25) is 0 Å². The molecule has 2 N–H and O–H groups in total. The molecule has 0 spiro atoms. The first-order valence-electron chi connectivity index (χ1n) is 9.29. The average Bonchev–Trinajstić information content (AvgIpc) is 2.88. The van der Waals surface area contributed by atoms with Gasteiger partial charge in [-0.15, -0.1) is 11.3 Å². The minimum atomic E-state index is 0.704. The Morgan fingerprint density at radius 3 is 2.83 bits per heavy atom. The van der Waals surface area contributed by atoms with Crippen LogP contribution < -0.4 is 10.6 Å². The molecule has 24 heavy (non-hydrogen) atoms. The van der Waals surface area contributed by atoms with Crippen molar-refractivity contribution in [2.45, 2.75) is 66.0 Å². The van der Waals surface area contributed by atoms with Gasteiger partial charge in [-0.05, 0) is 53.5 Å². The fourth-order valence-corrected chi connectivity index (χ4v) is 4.05. The van der Waals surface area contributed by atoms with Gasteiger partial charge in [0.15, 0.2) is 5.96 Å². The molecule has 0 aromatic carbocycles. The molecule has 1 aromatic heterocycles. The van der Waals surface area contributed by atoms with Crippen molar-refractivity contribution >= 4 is 17.3 Å². The molecule has 6 heteroatoms. The highest BCUT2D eigenvalue weighted by Gasteiger charge is 2.17. The Bertz CT molecular complexity index is 525. The Hall–Kier alpha value is -1.14. The molecule has 1 saturated heterocycles. The Morgan fingerprint density at radius 2 is 2.17 bits per heavy atom. The molecule has 5 nitrogen and oxygen atoms in total. The largest absolute Gasteiger partial charge is 0.357 e. The Balaban J connectivity index is 1.76. The molecular formula is C18H33N5S. The molecule has 0 bridgehead atoms. The van der Waals surface area contributed by atoms with Crippen LogP contribution in [0.25, 0.3) is 0 Å². The third-order valence-electron chi connectivity index (χ3n) is 4.58. The van der Waals surface area contributed by atoms with Gasteiger partial charge in [0, 0.05) is 30.6 Å². The van der Waals surface area contributed by atoms with E-state index in [4.69, 9.17) is 4.99 Å². The summed E-state index contributed by atoms with van der Waals surface area (Å²) in [5, 5.41) is 7.92. The van der Waals surface area contributed by atoms with Gasteiger partial charge in [0.05, 0.1) is 17.2 Å². The standard InChI is InChI=1S/C18H33N5S/c1-5-19-18(21-13-17-15(3)22-16(4)24-17)20-10-8-12-23-11-7-6-9-14(23)2/h14H,5-13H2,1-4H3,(H2,19,20,21). The zero-order valence-electron chi connectivity index (χ0n) is 15.7. The number of hydrogen-bond donors (Lipinski definition) is 2. The first kappa shape index (κ1) is 19.2. The van der Waals surface area contributed by atoms with Crippen LogP contribution in [-0.4, -0.2) is 48.1 Å². The molecule has 136 valence electrons. The number of aryl methyl sites for hydroxylation is 2. The summed E-state index contributed by atoms with van der Waals surface area (Å²) < 4.78 is 0. The maximum Gasteiger partial charge on any atom is 0.191 e. The van der Waals surface area contributed by atoms with Gasteiger partial charge in [0.25, 0.3) is 0 Å². The topological polar surface area (TPSA) is 52.6 Å². The molecule has 1 fully saturated rings. The van der Waals surface area contributed by atoms with E-state index in [-0.39, 0.29) is 0 Å². The minimum Gasteiger partial charge on any atom is -0.357 e. The van der Waals surface area contributed by atoms with E-state index >= 15 is 0 Å². The number of aromatic nitrogens is 1. The first-order valence-corrected chi connectivity index (χ1v) is 10.1. The number of thiazole rings is 1. The van der Waals surface area contributed by atoms with Crippen LogP contribution in [0.4, 0.5) is 0 Å². The Morgan fingerprint density at radius 1 is 1.33 bits per heavy atom. The van der Waals surface area contributed by atoms with Crippen molar-refractivity contribution in [2.75, 3.05) is 26.2 Å². The lowest BCUT2D eigenvalue weighted by Crippen LogP contribution is -2.41. The highest BCUT2D eigenvalue weighted by Crippen LogP contribution is 2.18. The average molecular weight is 352 g/mol. The highest BCUT2D eigenvalue weighted by molar-refractivity contribution is 7.11. The van der Waals surface area contributed by atoms with E-state index in [2.05, 4.69) is 48.2 Å². The fraction of sp³-hybridized carbons (Fsp3) is 0.778. The lowest BCUT2D eigenvalue weighted by molar-refractivity contribution is 0.159. The summed E-state index contributed by atoms with van der Waals surface area (Å²) in [5.41, 5.74) is 1.11. The summed E-state index contributed by atoms with van der Waals surface area (Å²) in [6.45, 7) is 13.6. The molecule has 0 amide bonds. The van der Waals surface area contributed by atoms with Gasteiger partial charge in [-0.1, -0.05) is 6.42 Å². The maximum absolute atomic E-state index is 4.71. The number of guanidine groups is 1. The summed E-state index contributed by atoms with van der Waals surface area (Å²) in [6, 6.07) is 0.748. The Labute approximate surface area is 151 Å². The number of nitrogens with one attached hydrogen (secondary N) is 2. The van der Waals surface area contributed by atoms with Gasteiger partial charge in [-0.25, -0.2) is 9.98 Å². The first-order chi connectivity index (χ1) is 11.6. The van der Waals surface area contributed by atoms with E-state index in [1.165, 1.54) is 37.2 Å². The summed E-state index contributed by atoms with van der Waals surface area (Å²) in [7, 11) is 0. The second-order valence-corrected chi connectivity index (χ2v) is 7.89. The SMILES string of the molecule is CCNC(=NCc1sc(C)nc1C)NCCCN1CCCCC1C. The van der Waals surface area contributed by atoms with Gasteiger partial charge < -0.3 is 15.5 Å². The van der Waals surface area contributed by atoms with Crippen molar-refractivity contribution < 1.29 is 0 Å². The molecular weight excluding hydrogens is 318 g/mol. The summed E-state index contributed by atoms with van der Waals surface area (Å²) >= 11 is 1.74. The van der Waals surface area contributed by atoms with Crippen LogP contribution >= 0.6 is 11.3 Å². The van der Waals surface area contributed by atoms with Crippen molar-refractivity contribution in [1.29, 1.82) is 0 Å². The fourth-order valence-electron chi connectivity index (χ4n) is 3.19. The summed E-state index contributed by atoms with van der Waals surface area (Å²) in [4.78, 5) is 13.1. The van der Waals surface area contributed by atoms with E-state index < -0.39 is 0 Å². The molecule has 1 unspecified atom stereocenters. The van der Waals surface area contributed by atoms with Crippen LogP contribution in [0.3, 0.4) is 0 Å². The van der Waals surface area contributed by atoms with Crippen LogP contribution in [0.2, 0.25) is 0 Å². The second-order valence-electron chi connectivity index (χ2n) is 6.60. The molecule has 0 saturated carbocycles. The van der Waals surface area contributed by atoms with E-state index in [9.17, 15) is 0 Å². The van der Waals surface area contributed by atoms with E-state index in [1.54, 1.807) is 11.3 Å². The van der Waals surface area contributed by atoms with Crippen molar-refractivity contribution in [2.24, 2.45) is 4.99 Å². The van der Waals surface area contributed by atoms with E-state index in [0.717, 1.165) is 42.2 Å². The van der Waals surface area contributed by atoms with Gasteiger partial charge >= 0.3 is 0 Å². The number of likely N-dealkylation sites (tertiary alicyclic amines) is 1.